The Bertz CT molecular complexity index is 1650. The molecule has 0 amide bonds. The van der Waals surface area contributed by atoms with Gasteiger partial charge in [-0.1, -0.05) is 0 Å². The summed E-state index contributed by atoms with van der Waals surface area (Å²) in [6.07, 6.45) is 1.68. The summed E-state index contributed by atoms with van der Waals surface area (Å²) in [5.41, 5.74) is 2.32. The zero-order valence-corrected chi connectivity index (χ0v) is 18.6. The number of aromatic amines is 1. The topological polar surface area (TPSA) is 113 Å². The smallest absolute Gasteiger partial charge is 0.229 e. The molecule has 0 saturated heterocycles. The summed E-state index contributed by atoms with van der Waals surface area (Å²) in [5, 5.41) is 14.2. The van der Waals surface area contributed by atoms with Crippen molar-refractivity contribution >= 4 is 56.5 Å². The molecule has 0 bridgehead atoms. The first-order valence-corrected chi connectivity index (χ1v) is 10.6. The maximum absolute atomic E-state index is 14.3. The van der Waals surface area contributed by atoms with Crippen molar-refractivity contribution in [1.29, 1.82) is 0 Å². The number of aromatic nitrogens is 4. The second kappa shape index (κ2) is 8.56. The highest BCUT2D eigenvalue weighted by Gasteiger charge is 2.18. The Labute approximate surface area is 197 Å². The lowest BCUT2D eigenvalue weighted by Crippen LogP contribution is -2.08. The summed E-state index contributed by atoms with van der Waals surface area (Å²) in [6, 6.07) is 11.7. The fourth-order valence-electron chi connectivity index (χ4n) is 3.78. The van der Waals surface area contributed by atoms with Crippen molar-refractivity contribution in [2.24, 2.45) is 0 Å². The summed E-state index contributed by atoms with van der Waals surface area (Å²) < 4.78 is 27.6. The molecule has 0 unspecified atom stereocenters. The molecule has 0 saturated carbocycles. The molecule has 3 aromatic carbocycles. The molecule has 0 fully saturated rings. The number of fused-ring (bicyclic) bond motifs is 2. The van der Waals surface area contributed by atoms with Crippen LogP contribution in [0.1, 0.15) is 34.6 Å². The Hall–Kier alpha value is -4.73. The third-order valence-electron chi connectivity index (χ3n) is 5.47. The van der Waals surface area contributed by atoms with Gasteiger partial charge in [0.1, 0.15) is 17.5 Å². The van der Waals surface area contributed by atoms with E-state index in [1.165, 1.54) is 26.0 Å². The number of anilines is 4. The molecule has 5 rings (SSSR count). The molecule has 5 aromatic rings. The molecule has 2 heterocycles. The molecule has 0 aliphatic rings. The molecule has 174 valence electrons. The van der Waals surface area contributed by atoms with Gasteiger partial charge in [0.05, 0.1) is 22.9 Å². The second-order valence-electron chi connectivity index (χ2n) is 7.97. The largest absolute Gasteiger partial charge is 0.340 e. The number of Topliss-reactive ketones (excluding diaryl/α,β-unsaturated/α-hetero) is 2. The highest BCUT2D eigenvalue weighted by atomic mass is 19.1. The van der Waals surface area contributed by atoms with E-state index < -0.39 is 11.6 Å². The first kappa shape index (κ1) is 22.1. The van der Waals surface area contributed by atoms with Crippen LogP contribution < -0.4 is 10.6 Å². The number of halogens is 2. The SMILES string of the molecule is CC(=O)c1cc2nc(Nc3ccc(F)cc3F)nc(Nc3ccc4[nH]ncc4c3)c2cc1C(C)=O. The Morgan fingerprint density at radius 1 is 0.886 bits per heavy atom. The van der Waals surface area contributed by atoms with E-state index >= 15 is 0 Å². The fourth-order valence-corrected chi connectivity index (χ4v) is 3.78. The lowest BCUT2D eigenvalue weighted by atomic mass is 9.98. The number of carbonyl (C=O) groups is 2. The zero-order chi connectivity index (χ0) is 24.7. The van der Waals surface area contributed by atoms with Crippen LogP contribution in [0.4, 0.5) is 31.9 Å². The quantitative estimate of drug-likeness (QED) is 0.273. The van der Waals surface area contributed by atoms with Gasteiger partial charge < -0.3 is 10.6 Å². The molecule has 0 radical (unpaired) electrons. The number of hydrogen-bond donors (Lipinski definition) is 3. The lowest BCUT2D eigenvalue weighted by molar-refractivity contribution is 0.0981. The van der Waals surface area contributed by atoms with Crippen molar-refractivity contribution in [1.82, 2.24) is 20.2 Å². The minimum atomic E-state index is -0.815. The van der Waals surface area contributed by atoms with Crippen molar-refractivity contribution in [2.45, 2.75) is 13.8 Å². The summed E-state index contributed by atoms with van der Waals surface area (Å²) in [5.74, 6) is -1.77. The average Bonchev–Trinajstić information content (AvgIpc) is 3.28. The number of ketones is 2. The standard InChI is InChI=1S/C25H18F2N6O2/c1-12(34)17-9-19-23(10-18(17)13(2)35)31-25(30-22-5-3-15(26)8-20(22)27)32-24(19)29-16-4-6-21-14(7-16)11-28-33-21/h3-11H,1-2H3,(H,28,33)(H2,29,30,31,32). The van der Waals surface area contributed by atoms with Crippen molar-refractivity contribution in [2.75, 3.05) is 10.6 Å². The third kappa shape index (κ3) is 4.29. The van der Waals surface area contributed by atoms with Crippen molar-refractivity contribution in [3.05, 3.63) is 77.5 Å². The zero-order valence-electron chi connectivity index (χ0n) is 18.6. The molecule has 10 heteroatoms. The molecule has 0 atom stereocenters. The van der Waals surface area contributed by atoms with Gasteiger partial charge >= 0.3 is 0 Å². The maximum atomic E-state index is 14.3. The van der Waals surface area contributed by atoms with E-state index in [1.807, 2.05) is 18.2 Å². The van der Waals surface area contributed by atoms with Crippen LogP contribution >= 0.6 is 0 Å². The number of nitrogens with one attached hydrogen (secondary N) is 3. The van der Waals surface area contributed by atoms with Crippen LogP contribution in [0.25, 0.3) is 21.8 Å². The fraction of sp³-hybridized carbons (Fsp3) is 0.0800. The van der Waals surface area contributed by atoms with E-state index in [4.69, 9.17) is 0 Å². The predicted octanol–water partition coefficient (Wildman–Crippen LogP) is 5.68. The van der Waals surface area contributed by atoms with Gasteiger partial charge in [-0.05, 0) is 56.3 Å². The second-order valence-corrected chi connectivity index (χ2v) is 7.97. The molecule has 3 N–H and O–H groups in total. The van der Waals surface area contributed by atoms with Crippen LogP contribution in [0.5, 0.6) is 0 Å². The molecule has 0 spiro atoms. The number of H-pyrrole nitrogens is 1. The normalized spacial score (nSPS) is 11.1. The van der Waals surface area contributed by atoms with Crippen LogP contribution in [-0.2, 0) is 0 Å². The minimum absolute atomic E-state index is 0.0139. The summed E-state index contributed by atoms with van der Waals surface area (Å²) in [7, 11) is 0. The first-order chi connectivity index (χ1) is 16.8. The van der Waals surface area contributed by atoms with Gasteiger partial charge in [0, 0.05) is 33.7 Å². The molecule has 0 aliphatic heterocycles. The van der Waals surface area contributed by atoms with Crippen LogP contribution in [0.15, 0.2) is 54.7 Å². The van der Waals surface area contributed by atoms with Crippen LogP contribution in [0.3, 0.4) is 0 Å². The molecule has 35 heavy (non-hydrogen) atoms. The molecular weight excluding hydrogens is 454 g/mol. The van der Waals surface area contributed by atoms with Gasteiger partial charge in [0.15, 0.2) is 11.6 Å². The van der Waals surface area contributed by atoms with Gasteiger partial charge in [-0.25, -0.2) is 13.8 Å². The van der Waals surface area contributed by atoms with E-state index in [0.717, 1.165) is 23.0 Å². The van der Waals surface area contributed by atoms with Crippen molar-refractivity contribution in [3.63, 3.8) is 0 Å². The summed E-state index contributed by atoms with van der Waals surface area (Å²) >= 11 is 0. The monoisotopic (exact) mass is 472 g/mol. The highest BCUT2D eigenvalue weighted by Crippen LogP contribution is 2.31. The Balaban J connectivity index is 1.68. The Morgan fingerprint density at radius 2 is 1.66 bits per heavy atom. The Morgan fingerprint density at radius 3 is 2.40 bits per heavy atom. The van der Waals surface area contributed by atoms with E-state index in [2.05, 4.69) is 30.8 Å². The summed E-state index contributed by atoms with van der Waals surface area (Å²) in [4.78, 5) is 33.4. The predicted molar refractivity (Wildman–Crippen MR) is 129 cm³/mol. The molecule has 8 nitrogen and oxygen atoms in total. The molecule has 0 aliphatic carbocycles. The van der Waals surface area contributed by atoms with Gasteiger partial charge in [-0.15, -0.1) is 0 Å². The van der Waals surface area contributed by atoms with Crippen LogP contribution in [0, 0.1) is 11.6 Å². The minimum Gasteiger partial charge on any atom is -0.340 e. The Kier molecular flexibility index (Phi) is 5.40. The van der Waals surface area contributed by atoms with E-state index in [0.29, 0.717) is 22.4 Å². The van der Waals surface area contributed by atoms with E-state index in [1.54, 1.807) is 12.3 Å². The number of benzene rings is 3. The maximum Gasteiger partial charge on any atom is 0.229 e. The van der Waals surface area contributed by atoms with Gasteiger partial charge in [0.25, 0.3) is 0 Å². The lowest BCUT2D eigenvalue weighted by Gasteiger charge is -2.14. The number of carbonyl (C=O) groups excluding carboxylic acids is 2. The third-order valence-corrected chi connectivity index (χ3v) is 5.47. The van der Waals surface area contributed by atoms with E-state index in [9.17, 15) is 18.4 Å². The number of rotatable bonds is 6. The van der Waals surface area contributed by atoms with Crippen LogP contribution in [0.2, 0.25) is 0 Å². The van der Waals surface area contributed by atoms with Gasteiger partial charge in [0.2, 0.25) is 5.95 Å². The van der Waals surface area contributed by atoms with Crippen molar-refractivity contribution < 1.29 is 18.4 Å². The van der Waals surface area contributed by atoms with Gasteiger partial charge in [-0.2, -0.15) is 10.1 Å². The molecular formula is C25H18F2N6O2. The van der Waals surface area contributed by atoms with Gasteiger partial charge in [-0.3, -0.25) is 14.7 Å². The first-order valence-electron chi connectivity index (χ1n) is 10.6. The van der Waals surface area contributed by atoms with E-state index in [-0.39, 0.29) is 34.3 Å². The number of nitrogens with zero attached hydrogens (tertiary/aromatic N) is 3. The number of hydrogen-bond acceptors (Lipinski definition) is 7. The molecule has 2 aromatic heterocycles. The average molecular weight is 472 g/mol. The van der Waals surface area contributed by atoms with Crippen molar-refractivity contribution in [3.8, 4) is 0 Å². The highest BCUT2D eigenvalue weighted by molar-refractivity contribution is 6.11. The van der Waals surface area contributed by atoms with Crippen LogP contribution in [-0.4, -0.2) is 31.7 Å². The summed E-state index contributed by atoms with van der Waals surface area (Å²) in [6.45, 7) is 2.74.